The summed E-state index contributed by atoms with van der Waals surface area (Å²) in [5.74, 6) is 0.740. The lowest BCUT2D eigenvalue weighted by atomic mass is 9.76. The molecule has 7 nitrogen and oxygen atoms in total. The molecule has 2 aromatic carbocycles. The highest BCUT2D eigenvalue weighted by molar-refractivity contribution is 7.89. The first-order valence-electron chi connectivity index (χ1n) is 14.7. The van der Waals surface area contributed by atoms with Crippen molar-refractivity contribution in [3.05, 3.63) is 65.5 Å². The van der Waals surface area contributed by atoms with Crippen molar-refractivity contribution in [1.29, 1.82) is 0 Å². The Kier molecular flexibility index (Phi) is 7.39. The molecule has 1 heterocycles. The van der Waals surface area contributed by atoms with E-state index in [1.807, 2.05) is 14.0 Å². The minimum absolute atomic E-state index is 0.0129. The highest BCUT2D eigenvalue weighted by atomic mass is 32.2. The largest absolute Gasteiger partial charge is 0.416 e. The number of sulfonamides is 1. The molecular formula is C31H36F4N4O3S. The standard InChI is InChI=1S/C31H36F4N4O3S/c1-29(28(40)38(2)17-20-4-3-5-20)19-36-27(37-29)26-16-30(14-22(26)15-30)39(43(41,42)25-12-10-24(32)11-13-25)18-21-6-8-23(9-7-21)31(33,34)35/h6-13,20,22,26H,3-5,14-19H2,1-2H3,(H,36,37)/t22?,26-,29+,30?/m0/s1. The van der Waals surface area contributed by atoms with Crippen LogP contribution >= 0.6 is 0 Å². The molecule has 0 spiro atoms. The van der Waals surface area contributed by atoms with Crippen LogP contribution in [0.25, 0.3) is 0 Å². The van der Waals surface area contributed by atoms with E-state index in [2.05, 4.69) is 5.32 Å². The maximum atomic E-state index is 14.0. The van der Waals surface area contributed by atoms with E-state index in [1.165, 1.54) is 35.0 Å². The van der Waals surface area contributed by atoms with Gasteiger partial charge in [-0.1, -0.05) is 18.6 Å². The molecule has 2 bridgehead atoms. The first-order chi connectivity index (χ1) is 20.2. The average molecular weight is 621 g/mol. The second-order valence-electron chi connectivity index (χ2n) is 13.0. The zero-order valence-electron chi connectivity index (χ0n) is 24.2. The number of alkyl halides is 3. The number of carbonyl (C=O) groups excluding carboxylic acids is 1. The normalized spacial score (nSPS) is 28.7. The van der Waals surface area contributed by atoms with Crippen molar-refractivity contribution in [3.8, 4) is 0 Å². The van der Waals surface area contributed by atoms with Crippen LogP contribution in [-0.4, -0.2) is 60.6 Å². The Balaban J connectivity index is 1.23. The van der Waals surface area contributed by atoms with Gasteiger partial charge in [0.2, 0.25) is 15.9 Å². The van der Waals surface area contributed by atoms with Crippen LogP contribution < -0.4 is 5.32 Å². The summed E-state index contributed by atoms with van der Waals surface area (Å²) in [7, 11) is -2.31. The molecule has 0 saturated heterocycles. The van der Waals surface area contributed by atoms with Crippen LogP contribution in [-0.2, 0) is 27.5 Å². The molecule has 0 aromatic heterocycles. The van der Waals surface area contributed by atoms with Crippen LogP contribution in [0, 0.1) is 23.6 Å². The van der Waals surface area contributed by atoms with Gasteiger partial charge < -0.3 is 10.2 Å². The minimum Gasteiger partial charge on any atom is -0.358 e. The van der Waals surface area contributed by atoms with Gasteiger partial charge in [0.15, 0.2) is 0 Å². The first kappa shape index (κ1) is 30.1. The molecule has 7 rings (SSSR count). The number of halogens is 4. The van der Waals surface area contributed by atoms with Crippen molar-refractivity contribution in [2.45, 2.75) is 74.1 Å². The van der Waals surface area contributed by atoms with E-state index in [0.717, 1.165) is 43.7 Å². The van der Waals surface area contributed by atoms with Crippen LogP contribution in [0.3, 0.4) is 0 Å². The van der Waals surface area contributed by atoms with E-state index in [1.54, 1.807) is 4.90 Å². The van der Waals surface area contributed by atoms with E-state index < -0.39 is 38.7 Å². The highest BCUT2D eigenvalue weighted by Gasteiger charge is 2.63. The van der Waals surface area contributed by atoms with Crippen molar-refractivity contribution in [2.24, 2.45) is 22.7 Å². The van der Waals surface area contributed by atoms with E-state index in [4.69, 9.17) is 4.99 Å². The van der Waals surface area contributed by atoms with Crippen molar-refractivity contribution in [2.75, 3.05) is 20.1 Å². The number of hydrogen-bond acceptors (Lipinski definition) is 5. The molecule has 12 heteroatoms. The first-order valence-corrected chi connectivity index (χ1v) is 16.2. The second-order valence-corrected chi connectivity index (χ2v) is 14.9. The average Bonchev–Trinajstić information content (AvgIpc) is 3.61. The van der Waals surface area contributed by atoms with Crippen molar-refractivity contribution >= 4 is 21.8 Å². The van der Waals surface area contributed by atoms with Gasteiger partial charge in [-0.2, -0.15) is 17.5 Å². The molecule has 1 aliphatic heterocycles. The van der Waals surface area contributed by atoms with Crippen molar-refractivity contribution in [1.82, 2.24) is 14.5 Å². The van der Waals surface area contributed by atoms with E-state index in [-0.39, 0.29) is 29.2 Å². The number of aliphatic imine (C=N–C) groups is 1. The molecular weight excluding hydrogens is 584 g/mol. The Labute approximate surface area is 249 Å². The van der Waals surface area contributed by atoms with Gasteiger partial charge in [0.25, 0.3) is 0 Å². The molecule has 4 aliphatic carbocycles. The summed E-state index contributed by atoms with van der Waals surface area (Å²) in [4.78, 5) is 19.8. The van der Waals surface area contributed by atoms with Gasteiger partial charge in [-0.25, -0.2) is 12.8 Å². The molecule has 0 radical (unpaired) electrons. The van der Waals surface area contributed by atoms with Crippen LogP contribution in [0.5, 0.6) is 0 Å². The zero-order chi connectivity index (χ0) is 30.8. The van der Waals surface area contributed by atoms with E-state index in [0.29, 0.717) is 43.1 Å². The monoisotopic (exact) mass is 620 g/mol. The summed E-state index contributed by atoms with van der Waals surface area (Å²) in [5.41, 5.74) is -2.04. The lowest BCUT2D eigenvalue weighted by Gasteiger charge is -2.46. The molecule has 43 heavy (non-hydrogen) atoms. The van der Waals surface area contributed by atoms with Crippen LogP contribution in [0.2, 0.25) is 0 Å². The van der Waals surface area contributed by atoms with Crippen LogP contribution in [0.4, 0.5) is 17.6 Å². The summed E-state index contributed by atoms with van der Waals surface area (Å²) in [6.45, 7) is 2.75. The number of hydrogen-bond donors (Lipinski definition) is 1. The van der Waals surface area contributed by atoms with E-state index >= 15 is 0 Å². The van der Waals surface area contributed by atoms with Crippen LogP contribution in [0.1, 0.15) is 56.6 Å². The van der Waals surface area contributed by atoms with Crippen molar-refractivity contribution < 1.29 is 30.8 Å². The molecule has 5 aliphatic rings. The molecule has 1 N–H and O–H groups in total. The van der Waals surface area contributed by atoms with Gasteiger partial charge in [0.05, 0.1) is 17.0 Å². The molecule has 2 atom stereocenters. The Hall–Kier alpha value is -2.99. The number of rotatable bonds is 9. The van der Waals surface area contributed by atoms with Crippen LogP contribution in [0.15, 0.2) is 58.4 Å². The molecule has 1 amide bonds. The quantitative estimate of drug-likeness (QED) is 0.390. The SMILES string of the molecule is CN(CC1CCC1)C(=O)[C@@]1(C)CN=C([C@H]2CC3(N(Cc4ccc(C(F)(F)F)cc4)S(=O)(=O)c4ccc(F)cc4)CC2C3)N1. The Morgan fingerprint density at radius 3 is 2.28 bits per heavy atom. The predicted octanol–water partition coefficient (Wildman–Crippen LogP) is 5.22. The number of likely N-dealkylation sites (N-methyl/N-ethyl adjacent to an activating group) is 1. The molecule has 2 aromatic rings. The lowest BCUT2D eigenvalue weighted by Crippen LogP contribution is -2.57. The maximum absolute atomic E-state index is 14.0. The highest BCUT2D eigenvalue weighted by Crippen LogP contribution is 2.60. The summed E-state index contributed by atoms with van der Waals surface area (Å²) in [6, 6.07) is 9.09. The number of nitrogens with one attached hydrogen (secondary N) is 1. The fourth-order valence-corrected chi connectivity index (χ4v) is 9.07. The lowest BCUT2D eigenvalue weighted by molar-refractivity contribution is -0.137. The number of fused-ring (bicyclic) bond motifs is 1. The zero-order valence-corrected chi connectivity index (χ0v) is 25.0. The van der Waals surface area contributed by atoms with Gasteiger partial charge in [0.1, 0.15) is 17.2 Å². The molecule has 4 saturated carbocycles. The van der Waals surface area contributed by atoms with Gasteiger partial charge in [-0.15, -0.1) is 0 Å². The fraction of sp³-hybridized carbons (Fsp3) is 0.548. The number of amidine groups is 1. The third-order valence-corrected chi connectivity index (χ3v) is 11.9. The Bertz CT molecular complexity index is 1520. The minimum atomic E-state index is -4.51. The maximum Gasteiger partial charge on any atom is 0.416 e. The Morgan fingerprint density at radius 2 is 1.70 bits per heavy atom. The summed E-state index contributed by atoms with van der Waals surface area (Å²) in [5, 5.41) is 3.40. The number of nitrogens with zero attached hydrogens (tertiary/aromatic N) is 3. The topological polar surface area (TPSA) is 82.1 Å². The van der Waals surface area contributed by atoms with Crippen molar-refractivity contribution in [3.63, 3.8) is 0 Å². The summed E-state index contributed by atoms with van der Waals surface area (Å²) >= 11 is 0. The number of amides is 1. The third kappa shape index (κ3) is 5.45. The van der Waals surface area contributed by atoms with Gasteiger partial charge in [0, 0.05) is 31.6 Å². The molecule has 0 unspecified atom stereocenters. The number of benzene rings is 2. The van der Waals surface area contributed by atoms with Gasteiger partial charge in [-0.05, 0) is 92.8 Å². The summed E-state index contributed by atoms with van der Waals surface area (Å²) in [6.07, 6.45) is 0.559. The van der Waals surface area contributed by atoms with Gasteiger partial charge in [-0.3, -0.25) is 9.79 Å². The second kappa shape index (κ2) is 10.6. The predicted molar refractivity (Wildman–Crippen MR) is 153 cm³/mol. The molecule has 4 fully saturated rings. The number of carbonyl (C=O) groups is 1. The van der Waals surface area contributed by atoms with Gasteiger partial charge >= 0.3 is 6.18 Å². The fourth-order valence-electron chi connectivity index (χ4n) is 7.28. The third-order valence-electron chi connectivity index (χ3n) is 9.89. The Morgan fingerprint density at radius 1 is 1.05 bits per heavy atom. The smallest absolute Gasteiger partial charge is 0.358 e. The summed E-state index contributed by atoms with van der Waals surface area (Å²) < 4.78 is 82.6. The molecule has 232 valence electrons. The van der Waals surface area contributed by atoms with E-state index in [9.17, 15) is 30.8 Å².